The number of aldehydes is 1. The van der Waals surface area contributed by atoms with Crippen molar-refractivity contribution in [2.75, 3.05) is 0 Å². The van der Waals surface area contributed by atoms with Crippen LogP contribution in [0.25, 0.3) is 11.3 Å². The maximum atomic E-state index is 11.1. The van der Waals surface area contributed by atoms with Crippen LogP contribution in [-0.4, -0.2) is 16.3 Å². The van der Waals surface area contributed by atoms with Crippen LogP contribution in [0.4, 0.5) is 0 Å². The summed E-state index contributed by atoms with van der Waals surface area (Å²) in [5, 5.41) is 0.946. The number of hydrogen-bond acceptors (Lipinski definition) is 3. The predicted molar refractivity (Wildman–Crippen MR) is 72.6 cm³/mol. The summed E-state index contributed by atoms with van der Waals surface area (Å²) in [6, 6.07) is 4.99. The number of carbonyl (C=O) groups is 1. The summed E-state index contributed by atoms with van der Waals surface area (Å²) in [5.41, 5.74) is 1.35. The highest BCUT2D eigenvalue weighted by Gasteiger charge is 2.13. The predicted octanol–water partition coefficient (Wildman–Crippen LogP) is 4.22. The average Bonchev–Trinajstić information content (AvgIpc) is 2.32. The molecule has 0 amide bonds. The third-order valence-corrected chi connectivity index (χ3v) is 3.35. The van der Waals surface area contributed by atoms with E-state index in [9.17, 15) is 4.79 Å². The number of halogens is 3. The molecule has 0 aliphatic carbocycles. The van der Waals surface area contributed by atoms with Gasteiger partial charge in [0, 0.05) is 5.56 Å². The van der Waals surface area contributed by atoms with E-state index in [1.807, 2.05) is 0 Å². The summed E-state index contributed by atoms with van der Waals surface area (Å²) in [6.07, 6.45) is 0.625. The molecule has 3 nitrogen and oxygen atoms in total. The number of hydrogen-bond donors (Lipinski definition) is 0. The highest BCUT2D eigenvalue weighted by atomic mass is 35.5. The van der Waals surface area contributed by atoms with Crippen molar-refractivity contribution in [1.82, 2.24) is 9.97 Å². The quantitative estimate of drug-likeness (QED) is 0.616. The summed E-state index contributed by atoms with van der Waals surface area (Å²) in [4.78, 5) is 19.2. The molecule has 0 saturated carbocycles. The number of aryl methyl sites for hydroxylation is 1. The minimum atomic E-state index is 0.124. The smallest absolute Gasteiger partial charge is 0.155 e. The number of nitrogens with zero attached hydrogens (tertiary/aromatic N) is 2. The van der Waals surface area contributed by atoms with E-state index in [-0.39, 0.29) is 10.7 Å². The molecule has 0 bridgehead atoms. The van der Waals surface area contributed by atoms with Gasteiger partial charge in [0.25, 0.3) is 0 Å². The molecule has 2 rings (SSSR count). The van der Waals surface area contributed by atoms with Crippen molar-refractivity contribution in [3.8, 4) is 11.3 Å². The van der Waals surface area contributed by atoms with Gasteiger partial charge in [-0.15, -0.1) is 0 Å². The van der Waals surface area contributed by atoms with Crippen LogP contribution in [0.15, 0.2) is 18.2 Å². The lowest BCUT2D eigenvalue weighted by atomic mass is 10.1. The normalized spacial score (nSPS) is 10.4. The molecule has 18 heavy (non-hydrogen) atoms. The van der Waals surface area contributed by atoms with Gasteiger partial charge in [0.15, 0.2) is 6.29 Å². The summed E-state index contributed by atoms with van der Waals surface area (Å²) >= 11 is 17.7. The summed E-state index contributed by atoms with van der Waals surface area (Å²) in [7, 11) is 0. The molecule has 0 aliphatic heterocycles. The molecular weight excluding hydrogens is 295 g/mol. The van der Waals surface area contributed by atoms with Gasteiger partial charge < -0.3 is 0 Å². The van der Waals surface area contributed by atoms with E-state index >= 15 is 0 Å². The molecular formula is C12H7Cl3N2O. The Labute approximate surface area is 119 Å². The van der Waals surface area contributed by atoms with Gasteiger partial charge in [0.1, 0.15) is 11.0 Å². The second-order valence-electron chi connectivity index (χ2n) is 3.57. The van der Waals surface area contributed by atoms with Gasteiger partial charge in [-0.1, -0.05) is 40.9 Å². The Bertz CT molecular complexity index is 629. The van der Waals surface area contributed by atoms with E-state index in [4.69, 9.17) is 34.8 Å². The van der Waals surface area contributed by atoms with Crippen LogP contribution in [-0.2, 0) is 0 Å². The molecule has 0 fully saturated rings. The second-order valence-corrected chi connectivity index (χ2v) is 4.74. The lowest BCUT2D eigenvalue weighted by Crippen LogP contribution is -1.99. The number of carbonyl (C=O) groups excluding carboxylic acids is 1. The summed E-state index contributed by atoms with van der Waals surface area (Å²) in [5.74, 6) is 0.478. The van der Waals surface area contributed by atoms with Crippen LogP contribution in [0.1, 0.15) is 16.2 Å². The van der Waals surface area contributed by atoms with Gasteiger partial charge in [0.2, 0.25) is 0 Å². The van der Waals surface area contributed by atoms with E-state index in [1.165, 1.54) is 0 Å². The molecule has 6 heteroatoms. The lowest BCUT2D eigenvalue weighted by molar-refractivity contribution is 0.112. The van der Waals surface area contributed by atoms with Crippen molar-refractivity contribution in [2.45, 2.75) is 6.92 Å². The fourth-order valence-corrected chi connectivity index (χ4v) is 2.07. The average molecular weight is 302 g/mol. The van der Waals surface area contributed by atoms with Crippen molar-refractivity contribution in [1.29, 1.82) is 0 Å². The van der Waals surface area contributed by atoms with Gasteiger partial charge in [-0.3, -0.25) is 4.79 Å². The van der Waals surface area contributed by atoms with Crippen LogP contribution in [0.5, 0.6) is 0 Å². The Kier molecular flexibility index (Phi) is 3.85. The van der Waals surface area contributed by atoms with Crippen molar-refractivity contribution < 1.29 is 4.79 Å². The number of benzene rings is 1. The Morgan fingerprint density at radius 1 is 1.11 bits per heavy atom. The topological polar surface area (TPSA) is 42.9 Å². The molecule has 1 heterocycles. The minimum Gasteiger partial charge on any atom is -0.298 e. The first-order valence-electron chi connectivity index (χ1n) is 4.97. The molecule has 0 aliphatic rings. The fraction of sp³-hybridized carbons (Fsp3) is 0.0833. The molecule has 0 radical (unpaired) electrons. The maximum Gasteiger partial charge on any atom is 0.155 e. The summed E-state index contributed by atoms with van der Waals surface area (Å²) in [6.45, 7) is 1.70. The molecule has 0 atom stereocenters. The van der Waals surface area contributed by atoms with Crippen molar-refractivity contribution in [3.63, 3.8) is 0 Å². The Balaban J connectivity index is 2.69. The van der Waals surface area contributed by atoms with E-state index in [1.54, 1.807) is 25.1 Å². The minimum absolute atomic E-state index is 0.124. The standard InChI is InChI=1S/C12H7Cl3N2O/c1-6-16-11(8(5-18)12(15)17-6)7-2-3-9(13)10(14)4-7/h2-5H,1H3. The monoisotopic (exact) mass is 300 g/mol. The molecule has 1 aromatic heterocycles. The Morgan fingerprint density at radius 2 is 1.83 bits per heavy atom. The van der Waals surface area contributed by atoms with Crippen LogP contribution in [0, 0.1) is 6.92 Å². The molecule has 0 unspecified atom stereocenters. The van der Waals surface area contributed by atoms with Gasteiger partial charge in [-0.2, -0.15) is 0 Å². The Morgan fingerprint density at radius 3 is 2.44 bits per heavy atom. The molecule has 1 aromatic carbocycles. The first-order chi connectivity index (χ1) is 8.52. The molecule has 0 saturated heterocycles. The van der Waals surface area contributed by atoms with Gasteiger partial charge in [-0.25, -0.2) is 9.97 Å². The zero-order valence-corrected chi connectivity index (χ0v) is 11.5. The lowest BCUT2D eigenvalue weighted by Gasteiger charge is -2.07. The third-order valence-electron chi connectivity index (χ3n) is 2.32. The highest BCUT2D eigenvalue weighted by molar-refractivity contribution is 6.42. The fourth-order valence-electron chi connectivity index (χ4n) is 1.51. The van der Waals surface area contributed by atoms with Crippen LogP contribution in [0.2, 0.25) is 15.2 Å². The molecule has 0 spiro atoms. The zero-order chi connectivity index (χ0) is 13.3. The molecule has 0 N–H and O–H groups in total. The van der Waals surface area contributed by atoms with E-state index < -0.39 is 0 Å². The number of aromatic nitrogens is 2. The van der Waals surface area contributed by atoms with Crippen LogP contribution in [0.3, 0.4) is 0 Å². The van der Waals surface area contributed by atoms with Gasteiger partial charge >= 0.3 is 0 Å². The largest absolute Gasteiger partial charge is 0.298 e. The van der Waals surface area contributed by atoms with E-state index in [0.717, 1.165) is 0 Å². The molecule has 92 valence electrons. The van der Waals surface area contributed by atoms with Crippen molar-refractivity contribution >= 4 is 41.1 Å². The maximum absolute atomic E-state index is 11.1. The van der Waals surface area contributed by atoms with Crippen LogP contribution >= 0.6 is 34.8 Å². The zero-order valence-electron chi connectivity index (χ0n) is 9.25. The molecule has 2 aromatic rings. The van der Waals surface area contributed by atoms with E-state index in [0.29, 0.717) is 33.4 Å². The van der Waals surface area contributed by atoms with Gasteiger partial charge in [-0.05, 0) is 19.1 Å². The highest BCUT2D eigenvalue weighted by Crippen LogP contribution is 2.30. The summed E-state index contributed by atoms with van der Waals surface area (Å²) < 4.78 is 0. The van der Waals surface area contributed by atoms with E-state index in [2.05, 4.69) is 9.97 Å². The van der Waals surface area contributed by atoms with Crippen molar-refractivity contribution in [3.05, 3.63) is 44.8 Å². The third kappa shape index (κ3) is 2.48. The Hall–Kier alpha value is -1.16. The first kappa shape index (κ1) is 13.3. The first-order valence-corrected chi connectivity index (χ1v) is 6.11. The van der Waals surface area contributed by atoms with Crippen LogP contribution < -0.4 is 0 Å². The SMILES string of the molecule is Cc1nc(Cl)c(C=O)c(-c2ccc(Cl)c(Cl)c2)n1. The van der Waals surface area contributed by atoms with Gasteiger partial charge in [0.05, 0.1) is 21.3 Å². The number of rotatable bonds is 2. The second kappa shape index (κ2) is 5.22. The van der Waals surface area contributed by atoms with Crippen molar-refractivity contribution in [2.24, 2.45) is 0 Å².